The van der Waals surface area contributed by atoms with Crippen molar-refractivity contribution in [3.8, 4) is 22.6 Å². The first-order valence-electron chi connectivity index (χ1n) is 6.49. The van der Waals surface area contributed by atoms with Gasteiger partial charge in [0.25, 0.3) is 0 Å². The van der Waals surface area contributed by atoms with E-state index < -0.39 is 0 Å². The number of nitrogens with zero attached hydrogens (tertiary/aromatic N) is 2. The highest BCUT2D eigenvalue weighted by Crippen LogP contribution is 2.24. The molecule has 21 heavy (non-hydrogen) atoms. The Balaban J connectivity index is 2.07. The number of benzene rings is 2. The van der Waals surface area contributed by atoms with Crippen LogP contribution in [0.25, 0.3) is 22.6 Å². The van der Waals surface area contributed by atoms with E-state index in [4.69, 9.17) is 4.98 Å². The van der Waals surface area contributed by atoms with Crippen LogP contribution >= 0.6 is 31.9 Å². The van der Waals surface area contributed by atoms with E-state index in [1.807, 2.05) is 49.4 Å². The van der Waals surface area contributed by atoms with Crippen molar-refractivity contribution < 1.29 is 0 Å². The molecule has 2 nitrogen and oxygen atoms in total. The van der Waals surface area contributed by atoms with E-state index in [1.54, 1.807) is 0 Å². The average Bonchev–Trinajstić information content (AvgIpc) is 2.48. The minimum atomic E-state index is 0.750. The molecule has 0 atom stereocenters. The van der Waals surface area contributed by atoms with Gasteiger partial charge in [0, 0.05) is 25.8 Å². The van der Waals surface area contributed by atoms with Gasteiger partial charge in [0.2, 0.25) is 0 Å². The minimum absolute atomic E-state index is 0.750. The van der Waals surface area contributed by atoms with Gasteiger partial charge in [-0.05, 0) is 37.3 Å². The highest BCUT2D eigenvalue weighted by atomic mass is 79.9. The van der Waals surface area contributed by atoms with Gasteiger partial charge in [-0.1, -0.05) is 56.1 Å². The predicted molar refractivity (Wildman–Crippen MR) is 93.0 cm³/mol. The Labute approximate surface area is 140 Å². The van der Waals surface area contributed by atoms with Crippen molar-refractivity contribution in [2.24, 2.45) is 0 Å². The standard InChI is InChI=1S/C17H12Br2N2/c1-11-10-16(12-2-6-14(18)7-3-12)21-17(20-11)13-4-8-15(19)9-5-13/h2-10H,1H3. The number of hydrogen-bond acceptors (Lipinski definition) is 2. The lowest BCUT2D eigenvalue weighted by molar-refractivity contribution is 1.11. The van der Waals surface area contributed by atoms with Crippen molar-refractivity contribution in [1.29, 1.82) is 0 Å². The normalized spacial score (nSPS) is 10.6. The van der Waals surface area contributed by atoms with E-state index in [0.717, 1.165) is 37.3 Å². The van der Waals surface area contributed by atoms with Crippen LogP contribution in [-0.2, 0) is 0 Å². The topological polar surface area (TPSA) is 25.8 Å². The molecular weight excluding hydrogens is 392 g/mol. The molecule has 0 bridgehead atoms. The predicted octanol–water partition coefficient (Wildman–Crippen LogP) is 5.64. The fourth-order valence-corrected chi connectivity index (χ4v) is 2.59. The molecule has 0 saturated carbocycles. The largest absolute Gasteiger partial charge is 0.233 e. The Morgan fingerprint density at radius 2 is 1.24 bits per heavy atom. The van der Waals surface area contributed by atoms with Crippen LogP contribution in [0.5, 0.6) is 0 Å². The maximum atomic E-state index is 4.69. The van der Waals surface area contributed by atoms with E-state index in [0.29, 0.717) is 0 Å². The first kappa shape index (κ1) is 14.4. The third-order valence-corrected chi connectivity index (χ3v) is 4.15. The highest BCUT2D eigenvalue weighted by Gasteiger charge is 2.07. The molecule has 3 aromatic rings. The van der Waals surface area contributed by atoms with Crippen LogP contribution in [-0.4, -0.2) is 9.97 Å². The molecular formula is C17H12Br2N2. The average molecular weight is 404 g/mol. The van der Waals surface area contributed by atoms with E-state index in [2.05, 4.69) is 49.0 Å². The summed E-state index contributed by atoms with van der Waals surface area (Å²) in [4.78, 5) is 9.23. The summed E-state index contributed by atoms with van der Waals surface area (Å²) >= 11 is 6.90. The van der Waals surface area contributed by atoms with Crippen molar-refractivity contribution in [3.63, 3.8) is 0 Å². The SMILES string of the molecule is Cc1cc(-c2ccc(Br)cc2)nc(-c2ccc(Br)cc2)n1. The van der Waals surface area contributed by atoms with Crippen molar-refractivity contribution in [2.45, 2.75) is 6.92 Å². The van der Waals surface area contributed by atoms with E-state index in [9.17, 15) is 0 Å². The molecule has 0 aliphatic heterocycles. The second-order valence-electron chi connectivity index (χ2n) is 4.73. The molecule has 2 aromatic carbocycles. The van der Waals surface area contributed by atoms with Crippen molar-refractivity contribution >= 4 is 31.9 Å². The van der Waals surface area contributed by atoms with Gasteiger partial charge in [0.1, 0.15) is 0 Å². The maximum Gasteiger partial charge on any atom is 0.160 e. The van der Waals surface area contributed by atoms with Crippen molar-refractivity contribution in [2.75, 3.05) is 0 Å². The lowest BCUT2D eigenvalue weighted by Gasteiger charge is -2.07. The summed E-state index contributed by atoms with van der Waals surface area (Å²) in [5.41, 5.74) is 4.00. The Bertz CT molecular complexity index is 702. The third-order valence-electron chi connectivity index (χ3n) is 3.10. The van der Waals surface area contributed by atoms with Crippen LogP contribution in [0.4, 0.5) is 0 Å². The molecule has 0 amide bonds. The summed E-state index contributed by atoms with van der Waals surface area (Å²) in [6.07, 6.45) is 0. The van der Waals surface area contributed by atoms with Gasteiger partial charge >= 0.3 is 0 Å². The fraction of sp³-hybridized carbons (Fsp3) is 0.0588. The zero-order chi connectivity index (χ0) is 14.8. The van der Waals surface area contributed by atoms with E-state index in [-0.39, 0.29) is 0 Å². The molecule has 1 aromatic heterocycles. The van der Waals surface area contributed by atoms with Gasteiger partial charge in [-0.25, -0.2) is 9.97 Å². The summed E-state index contributed by atoms with van der Waals surface area (Å²) < 4.78 is 2.11. The lowest BCUT2D eigenvalue weighted by atomic mass is 10.1. The van der Waals surface area contributed by atoms with Gasteiger partial charge in [-0.15, -0.1) is 0 Å². The summed E-state index contributed by atoms with van der Waals surface area (Å²) in [7, 11) is 0. The van der Waals surface area contributed by atoms with Gasteiger partial charge in [0.15, 0.2) is 5.82 Å². The Hall–Kier alpha value is -1.52. The van der Waals surface area contributed by atoms with E-state index in [1.165, 1.54) is 0 Å². The van der Waals surface area contributed by atoms with Crippen LogP contribution in [0, 0.1) is 6.92 Å². The molecule has 0 fully saturated rings. The lowest BCUT2D eigenvalue weighted by Crippen LogP contribution is -1.95. The third kappa shape index (κ3) is 3.39. The molecule has 104 valence electrons. The quantitative estimate of drug-likeness (QED) is 0.552. The van der Waals surface area contributed by atoms with Crippen LogP contribution in [0.3, 0.4) is 0 Å². The van der Waals surface area contributed by atoms with Crippen LogP contribution in [0.15, 0.2) is 63.5 Å². The minimum Gasteiger partial charge on any atom is -0.233 e. The van der Waals surface area contributed by atoms with Gasteiger partial charge in [-0.3, -0.25) is 0 Å². The first-order valence-corrected chi connectivity index (χ1v) is 8.08. The molecule has 0 aliphatic carbocycles. The smallest absolute Gasteiger partial charge is 0.160 e. The molecule has 3 rings (SSSR count). The second-order valence-corrected chi connectivity index (χ2v) is 6.56. The van der Waals surface area contributed by atoms with Crippen molar-refractivity contribution in [3.05, 3.63) is 69.2 Å². The van der Waals surface area contributed by atoms with Gasteiger partial charge in [-0.2, -0.15) is 0 Å². The zero-order valence-corrected chi connectivity index (χ0v) is 14.5. The van der Waals surface area contributed by atoms with Crippen molar-refractivity contribution in [1.82, 2.24) is 9.97 Å². The zero-order valence-electron chi connectivity index (χ0n) is 11.3. The van der Waals surface area contributed by atoms with Gasteiger partial charge in [0.05, 0.1) is 5.69 Å². The number of halogens is 2. The van der Waals surface area contributed by atoms with Crippen LogP contribution < -0.4 is 0 Å². The molecule has 0 aliphatic rings. The summed E-state index contributed by atoms with van der Waals surface area (Å²) in [5.74, 6) is 0.750. The second kappa shape index (κ2) is 6.08. The molecule has 0 radical (unpaired) electrons. The maximum absolute atomic E-state index is 4.69. The number of aryl methyl sites for hydroxylation is 1. The molecule has 0 spiro atoms. The Morgan fingerprint density at radius 1 is 0.714 bits per heavy atom. The number of hydrogen-bond donors (Lipinski definition) is 0. The fourth-order valence-electron chi connectivity index (χ4n) is 2.07. The molecule has 0 unspecified atom stereocenters. The number of rotatable bonds is 2. The van der Waals surface area contributed by atoms with Crippen LogP contribution in [0.1, 0.15) is 5.69 Å². The van der Waals surface area contributed by atoms with Crippen LogP contribution in [0.2, 0.25) is 0 Å². The Morgan fingerprint density at radius 3 is 1.81 bits per heavy atom. The first-order chi connectivity index (χ1) is 10.1. The summed E-state index contributed by atoms with van der Waals surface area (Å²) in [6, 6.07) is 18.2. The Kier molecular flexibility index (Phi) is 4.17. The van der Waals surface area contributed by atoms with Gasteiger partial charge < -0.3 is 0 Å². The molecule has 4 heteroatoms. The summed E-state index contributed by atoms with van der Waals surface area (Å²) in [5, 5.41) is 0. The highest BCUT2D eigenvalue weighted by molar-refractivity contribution is 9.10. The molecule has 1 heterocycles. The molecule has 0 saturated heterocycles. The summed E-state index contributed by atoms with van der Waals surface area (Å²) in [6.45, 7) is 1.99. The monoisotopic (exact) mass is 402 g/mol. The molecule has 0 N–H and O–H groups in total. The number of aromatic nitrogens is 2. The van der Waals surface area contributed by atoms with E-state index >= 15 is 0 Å².